The Bertz CT molecular complexity index is 604. The lowest BCUT2D eigenvalue weighted by Crippen LogP contribution is -2.21. The summed E-state index contributed by atoms with van der Waals surface area (Å²) in [6.07, 6.45) is 0.299. The third-order valence-corrected chi connectivity index (χ3v) is 3.80. The Kier molecular flexibility index (Phi) is 5.51. The summed E-state index contributed by atoms with van der Waals surface area (Å²) in [5.41, 5.74) is 4.32. The van der Waals surface area contributed by atoms with Gasteiger partial charge < -0.3 is 4.74 Å². The van der Waals surface area contributed by atoms with E-state index in [2.05, 4.69) is 10.5 Å². The van der Waals surface area contributed by atoms with Gasteiger partial charge in [-0.1, -0.05) is 18.2 Å². The molecule has 0 bridgehead atoms. The lowest BCUT2D eigenvalue weighted by molar-refractivity contribution is -0.120. The van der Waals surface area contributed by atoms with Crippen LogP contribution in [0.5, 0.6) is 5.75 Å². The molecular weight excluding hydrogens is 284 g/mol. The number of amides is 1. The van der Waals surface area contributed by atoms with Crippen LogP contribution in [0.25, 0.3) is 0 Å². The first-order valence-corrected chi connectivity index (χ1v) is 7.65. The summed E-state index contributed by atoms with van der Waals surface area (Å²) in [4.78, 5) is 12.9. The number of benzene rings is 1. The molecule has 110 valence electrons. The second-order valence-corrected chi connectivity index (χ2v) is 5.41. The van der Waals surface area contributed by atoms with E-state index in [1.165, 1.54) is 0 Å². The summed E-state index contributed by atoms with van der Waals surface area (Å²) >= 11 is 1.60. The average molecular weight is 302 g/mol. The van der Waals surface area contributed by atoms with Crippen molar-refractivity contribution in [3.8, 4) is 5.75 Å². The molecular formula is C16H18N2O2S. The van der Waals surface area contributed by atoms with Crippen LogP contribution >= 0.6 is 11.3 Å². The zero-order valence-electron chi connectivity index (χ0n) is 12.1. The molecule has 0 unspecified atom stereocenters. The Hall–Kier alpha value is -2.14. The van der Waals surface area contributed by atoms with E-state index in [1.807, 2.05) is 55.6 Å². The Morgan fingerprint density at radius 3 is 2.67 bits per heavy atom. The highest BCUT2D eigenvalue weighted by Crippen LogP contribution is 2.12. The summed E-state index contributed by atoms with van der Waals surface area (Å²) in [5.74, 6) is 0.684. The zero-order valence-corrected chi connectivity index (χ0v) is 12.9. The number of hydrogen-bond acceptors (Lipinski definition) is 4. The van der Waals surface area contributed by atoms with E-state index in [0.29, 0.717) is 13.0 Å². The molecule has 1 amide bonds. The van der Waals surface area contributed by atoms with Crippen molar-refractivity contribution in [1.29, 1.82) is 0 Å². The van der Waals surface area contributed by atoms with Gasteiger partial charge in [0, 0.05) is 4.88 Å². The lowest BCUT2D eigenvalue weighted by atomic mass is 10.1. The summed E-state index contributed by atoms with van der Waals surface area (Å²) in [6, 6.07) is 11.4. The number of carbonyl (C=O) groups is 1. The van der Waals surface area contributed by atoms with Gasteiger partial charge in [0.1, 0.15) is 5.75 Å². The van der Waals surface area contributed by atoms with Crippen LogP contribution in [0, 0.1) is 0 Å². The standard InChI is InChI=1S/C16H18N2O2S/c1-3-20-14-8-6-13(7-9-14)11-16(19)18-17-12(2)15-5-4-10-21-15/h4-10H,3,11H2,1-2H3,(H,18,19)/b17-12-. The number of nitrogens with zero attached hydrogens (tertiary/aromatic N) is 1. The van der Waals surface area contributed by atoms with E-state index in [4.69, 9.17) is 4.74 Å². The fourth-order valence-electron chi connectivity index (χ4n) is 1.78. The molecule has 1 N–H and O–H groups in total. The fraction of sp³-hybridized carbons (Fsp3) is 0.250. The van der Waals surface area contributed by atoms with Gasteiger partial charge in [0.05, 0.1) is 18.7 Å². The monoisotopic (exact) mass is 302 g/mol. The van der Waals surface area contributed by atoms with Crippen molar-refractivity contribution in [2.24, 2.45) is 5.10 Å². The van der Waals surface area contributed by atoms with Crippen molar-refractivity contribution < 1.29 is 9.53 Å². The average Bonchev–Trinajstić information content (AvgIpc) is 3.01. The predicted molar refractivity (Wildman–Crippen MR) is 86.0 cm³/mol. The van der Waals surface area contributed by atoms with Gasteiger partial charge in [-0.3, -0.25) is 4.79 Å². The topological polar surface area (TPSA) is 50.7 Å². The molecule has 1 aromatic heterocycles. The van der Waals surface area contributed by atoms with Crippen LogP contribution in [-0.2, 0) is 11.2 Å². The normalized spacial score (nSPS) is 11.2. The van der Waals surface area contributed by atoms with E-state index in [-0.39, 0.29) is 5.91 Å². The van der Waals surface area contributed by atoms with Crippen LogP contribution in [0.4, 0.5) is 0 Å². The molecule has 21 heavy (non-hydrogen) atoms. The second-order valence-electron chi connectivity index (χ2n) is 4.46. The first-order valence-electron chi connectivity index (χ1n) is 6.77. The maximum absolute atomic E-state index is 11.9. The largest absolute Gasteiger partial charge is 0.494 e. The van der Waals surface area contributed by atoms with Crippen molar-refractivity contribution in [3.63, 3.8) is 0 Å². The summed E-state index contributed by atoms with van der Waals surface area (Å²) < 4.78 is 5.36. The maximum atomic E-state index is 11.9. The van der Waals surface area contributed by atoms with E-state index in [1.54, 1.807) is 11.3 Å². The Morgan fingerprint density at radius 2 is 2.05 bits per heavy atom. The number of nitrogens with one attached hydrogen (secondary N) is 1. The molecule has 1 heterocycles. The predicted octanol–water partition coefficient (Wildman–Crippen LogP) is 3.23. The second kappa shape index (κ2) is 7.59. The minimum Gasteiger partial charge on any atom is -0.494 e. The summed E-state index contributed by atoms with van der Waals surface area (Å²) in [7, 11) is 0. The maximum Gasteiger partial charge on any atom is 0.244 e. The fourth-order valence-corrected chi connectivity index (χ4v) is 2.46. The Balaban J connectivity index is 1.88. The highest BCUT2D eigenvalue weighted by Gasteiger charge is 2.04. The smallest absolute Gasteiger partial charge is 0.244 e. The van der Waals surface area contributed by atoms with Gasteiger partial charge in [-0.2, -0.15) is 5.10 Å². The van der Waals surface area contributed by atoms with Crippen LogP contribution < -0.4 is 10.2 Å². The van der Waals surface area contributed by atoms with Gasteiger partial charge in [0.15, 0.2) is 0 Å². The number of ether oxygens (including phenoxy) is 1. The highest BCUT2D eigenvalue weighted by atomic mass is 32.1. The van der Waals surface area contributed by atoms with Crippen LogP contribution in [0.2, 0.25) is 0 Å². The molecule has 0 aliphatic carbocycles. The minimum absolute atomic E-state index is 0.130. The summed E-state index contributed by atoms with van der Waals surface area (Å²) in [6.45, 7) is 4.45. The number of thiophene rings is 1. The molecule has 2 aromatic rings. The van der Waals surface area contributed by atoms with Gasteiger partial charge >= 0.3 is 0 Å². The molecule has 5 heteroatoms. The lowest BCUT2D eigenvalue weighted by Gasteiger charge is -2.05. The van der Waals surface area contributed by atoms with Gasteiger partial charge in [-0.05, 0) is 43.0 Å². The first kappa shape index (κ1) is 15.3. The molecule has 0 fully saturated rings. The highest BCUT2D eigenvalue weighted by molar-refractivity contribution is 7.12. The number of hydrogen-bond donors (Lipinski definition) is 1. The van der Waals surface area contributed by atoms with Crippen LogP contribution in [-0.4, -0.2) is 18.2 Å². The molecule has 1 aromatic carbocycles. The molecule has 2 rings (SSSR count). The van der Waals surface area contributed by atoms with Crippen molar-refractivity contribution in [2.45, 2.75) is 20.3 Å². The molecule has 0 spiro atoms. The van der Waals surface area contributed by atoms with Gasteiger partial charge in [-0.25, -0.2) is 5.43 Å². The third-order valence-electron chi connectivity index (χ3n) is 2.83. The first-order chi connectivity index (χ1) is 10.2. The number of rotatable bonds is 6. The summed E-state index contributed by atoms with van der Waals surface area (Å²) in [5, 5.41) is 6.09. The SMILES string of the molecule is CCOc1ccc(CC(=O)N/N=C(/C)c2cccs2)cc1. The van der Waals surface area contributed by atoms with E-state index < -0.39 is 0 Å². The molecule has 0 radical (unpaired) electrons. The molecule has 0 aliphatic heterocycles. The van der Waals surface area contributed by atoms with Crippen molar-refractivity contribution in [2.75, 3.05) is 6.61 Å². The van der Waals surface area contributed by atoms with Crippen molar-refractivity contribution in [1.82, 2.24) is 5.43 Å². The minimum atomic E-state index is -0.130. The van der Waals surface area contributed by atoms with Crippen LogP contribution in [0.3, 0.4) is 0 Å². The van der Waals surface area contributed by atoms with Gasteiger partial charge in [0.25, 0.3) is 0 Å². The van der Waals surface area contributed by atoms with E-state index >= 15 is 0 Å². The van der Waals surface area contributed by atoms with Gasteiger partial charge in [0.2, 0.25) is 5.91 Å². The van der Waals surface area contributed by atoms with Crippen molar-refractivity contribution in [3.05, 3.63) is 52.2 Å². The quantitative estimate of drug-likeness (QED) is 0.658. The number of carbonyl (C=O) groups excluding carboxylic acids is 1. The van der Waals surface area contributed by atoms with Crippen LogP contribution in [0.1, 0.15) is 24.3 Å². The molecule has 4 nitrogen and oxygen atoms in total. The molecule has 0 saturated carbocycles. The molecule has 0 aliphatic rings. The Morgan fingerprint density at radius 1 is 1.29 bits per heavy atom. The molecule has 0 atom stereocenters. The van der Waals surface area contributed by atoms with E-state index in [9.17, 15) is 4.79 Å². The Labute approximate surface area is 128 Å². The zero-order chi connectivity index (χ0) is 15.1. The number of hydrazone groups is 1. The van der Waals surface area contributed by atoms with Crippen LogP contribution in [0.15, 0.2) is 46.9 Å². The third kappa shape index (κ3) is 4.72. The molecule has 0 saturated heterocycles. The van der Waals surface area contributed by atoms with Gasteiger partial charge in [-0.15, -0.1) is 11.3 Å². The van der Waals surface area contributed by atoms with E-state index in [0.717, 1.165) is 21.9 Å². The van der Waals surface area contributed by atoms with Crippen molar-refractivity contribution >= 4 is 23.0 Å².